The number of imidazole rings is 1. The summed E-state index contributed by atoms with van der Waals surface area (Å²) in [4.78, 5) is 17.4. The van der Waals surface area contributed by atoms with Crippen LogP contribution in [0.25, 0.3) is 11.0 Å². The fourth-order valence-corrected chi connectivity index (χ4v) is 6.95. The van der Waals surface area contributed by atoms with Gasteiger partial charge in [-0.1, -0.05) is 20.8 Å². The molecule has 2 heterocycles. The molecule has 3 aliphatic rings. The van der Waals surface area contributed by atoms with Crippen LogP contribution in [0.3, 0.4) is 0 Å². The van der Waals surface area contributed by atoms with Gasteiger partial charge >= 0.3 is 0 Å². The van der Waals surface area contributed by atoms with Crippen LogP contribution in [0.4, 0.5) is 8.78 Å². The van der Waals surface area contributed by atoms with Gasteiger partial charge in [0.05, 0.1) is 21.8 Å². The number of aromatic nitrogens is 2. The summed E-state index contributed by atoms with van der Waals surface area (Å²) in [7, 11) is -3.77. The van der Waals surface area contributed by atoms with Crippen LogP contribution < -0.4 is 5.32 Å². The minimum Gasteiger partial charge on any atom is -0.353 e. The first kappa shape index (κ1) is 25.6. The van der Waals surface area contributed by atoms with E-state index in [0.29, 0.717) is 37.9 Å². The quantitative estimate of drug-likeness (QED) is 0.608. The molecule has 1 aromatic carbocycles. The molecule has 7 nitrogen and oxygen atoms in total. The van der Waals surface area contributed by atoms with Crippen LogP contribution in [0.2, 0.25) is 0 Å². The predicted octanol–water partition coefficient (Wildman–Crippen LogP) is 4.45. The Balaban J connectivity index is 1.39. The second-order valence-corrected chi connectivity index (χ2v) is 13.8. The van der Waals surface area contributed by atoms with Gasteiger partial charge in [0.1, 0.15) is 5.82 Å². The molecule has 0 radical (unpaired) electrons. The topological polar surface area (TPSA) is 84.3 Å². The van der Waals surface area contributed by atoms with Crippen LogP contribution in [0.5, 0.6) is 0 Å². The summed E-state index contributed by atoms with van der Waals surface area (Å²) in [5, 5.41) is 2.98. The van der Waals surface area contributed by atoms with Crippen LogP contribution in [-0.4, -0.2) is 53.2 Å². The Morgan fingerprint density at radius 2 is 1.83 bits per heavy atom. The van der Waals surface area contributed by atoms with E-state index in [9.17, 15) is 22.0 Å². The van der Waals surface area contributed by atoms with Crippen molar-refractivity contribution in [3.05, 3.63) is 24.0 Å². The molecule has 1 N–H and O–H groups in total. The lowest BCUT2D eigenvalue weighted by molar-refractivity contribution is -0.124. The molecule has 10 heteroatoms. The molecule has 0 unspecified atom stereocenters. The zero-order valence-electron chi connectivity index (χ0n) is 21.3. The van der Waals surface area contributed by atoms with Crippen LogP contribution in [-0.2, 0) is 26.8 Å². The molecule has 3 fully saturated rings. The molecule has 2 aromatic rings. The number of carbonyl (C=O) groups is 1. The first-order valence-electron chi connectivity index (χ1n) is 13.0. The molecular weight excluding hydrogens is 486 g/mol. The molecule has 1 atom stereocenters. The highest BCUT2D eigenvalue weighted by molar-refractivity contribution is 7.89. The third-order valence-electron chi connectivity index (χ3n) is 7.75. The largest absolute Gasteiger partial charge is 0.353 e. The first-order chi connectivity index (χ1) is 16.8. The number of carbonyl (C=O) groups excluding carboxylic acids is 1. The summed E-state index contributed by atoms with van der Waals surface area (Å²) >= 11 is 0. The number of amides is 1. The van der Waals surface area contributed by atoms with Gasteiger partial charge in [-0.05, 0) is 56.2 Å². The van der Waals surface area contributed by atoms with Gasteiger partial charge in [-0.3, -0.25) is 4.79 Å². The molecule has 1 aromatic heterocycles. The van der Waals surface area contributed by atoms with Gasteiger partial charge in [-0.2, -0.15) is 4.31 Å². The Morgan fingerprint density at radius 3 is 2.47 bits per heavy atom. The Kier molecular flexibility index (Phi) is 6.42. The second kappa shape index (κ2) is 9.04. The second-order valence-electron chi connectivity index (χ2n) is 11.9. The zero-order valence-corrected chi connectivity index (χ0v) is 22.1. The molecule has 1 amide bonds. The number of benzene rings is 1. The molecule has 36 heavy (non-hydrogen) atoms. The lowest BCUT2D eigenvalue weighted by Crippen LogP contribution is -2.35. The van der Waals surface area contributed by atoms with Crippen molar-refractivity contribution in [3.8, 4) is 0 Å². The van der Waals surface area contributed by atoms with E-state index in [1.807, 2.05) is 0 Å². The van der Waals surface area contributed by atoms with Crippen molar-refractivity contribution < 1.29 is 22.0 Å². The molecule has 5 rings (SSSR count). The zero-order chi connectivity index (χ0) is 25.9. The Labute approximate surface area is 211 Å². The van der Waals surface area contributed by atoms with Crippen molar-refractivity contribution in [1.82, 2.24) is 19.2 Å². The fourth-order valence-electron chi connectivity index (χ4n) is 5.42. The van der Waals surface area contributed by atoms with Crippen molar-refractivity contribution in [2.24, 2.45) is 11.8 Å². The molecule has 2 saturated carbocycles. The summed E-state index contributed by atoms with van der Waals surface area (Å²) in [6.07, 6.45) is 3.26. The van der Waals surface area contributed by atoms with E-state index in [-0.39, 0.29) is 53.5 Å². The summed E-state index contributed by atoms with van der Waals surface area (Å²) < 4.78 is 57.7. The molecule has 0 bridgehead atoms. The summed E-state index contributed by atoms with van der Waals surface area (Å²) in [6, 6.07) is 5.26. The van der Waals surface area contributed by atoms with E-state index < -0.39 is 15.9 Å². The normalized spacial score (nSPS) is 23.9. The maximum absolute atomic E-state index is 13.7. The van der Waals surface area contributed by atoms with Crippen LogP contribution in [0, 0.1) is 11.8 Å². The van der Waals surface area contributed by atoms with E-state index >= 15 is 0 Å². The van der Waals surface area contributed by atoms with Gasteiger partial charge in [0.15, 0.2) is 0 Å². The number of hydrogen-bond acceptors (Lipinski definition) is 4. The number of sulfonamides is 1. The van der Waals surface area contributed by atoms with Gasteiger partial charge in [0.2, 0.25) is 21.9 Å². The van der Waals surface area contributed by atoms with E-state index in [2.05, 4.69) is 30.7 Å². The van der Waals surface area contributed by atoms with Crippen molar-refractivity contribution >= 4 is 27.0 Å². The third kappa shape index (κ3) is 5.16. The van der Waals surface area contributed by atoms with Gasteiger partial charge < -0.3 is 9.88 Å². The van der Waals surface area contributed by atoms with Gasteiger partial charge in [0.25, 0.3) is 0 Å². The minimum absolute atomic E-state index is 0.0558. The van der Waals surface area contributed by atoms with Crippen molar-refractivity contribution in [3.63, 3.8) is 0 Å². The molecule has 198 valence electrons. The predicted molar refractivity (Wildman–Crippen MR) is 133 cm³/mol. The maximum Gasteiger partial charge on any atom is 0.248 e. The maximum atomic E-state index is 13.7. The summed E-state index contributed by atoms with van der Waals surface area (Å²) in [5.74, 6) is -1.99. The smallest absolute Gasteiger partial charge is 0.248 e. The van der Waals surface area contributed by atoms with Gasteiger partial charge in [-0.15, -0.1) is 0 Å². The van der Waals surface area contributed by atoms with Crippen LogP contribution in [0.1, 0.15) is 71.5 Å². The number of nitrogens with zero attached hydrogens (tertiary/aromatic N) is 3. The van der Waals surface area contributed by atoms with Crippen LogP contribution in [0.15, 0.2) is 23.1 Å². The van der Waals surface area contributed by atoms with Gasteiger partial charge in [-0.25, -0.2) is 22.2 Å². The molecule has 0 spiro atoms. The van der Waals surface area contributed by atoms with Crippen molar-refractivity contribution in [2.75, 3.05) is 13.1 Å². The number of fused-ring (bicyclic) bond motifs is 1. The summed E-state index contributed by atoms with van der Waals surface area (Å²) in [6.45, 7) is 7.25. The Morgan fingerprint density at radius 1 is 1.14 bits per heavy atom. The fraction of sp³-hybridized carbons (Fsp3) is 0.692. The first-order valence-corrected chi connectivity index (χ1v) is 14.5. The number of alkyl halides is 2. The third-order valence-corrected chi connectivity index (χ3v) is 9.61. The van der Waals surface area contributed by atoms with E-state index in [1.165, 1.54) is 4.31 Å². The van der Waals surface area contributed by atoms with Crippen LogP contribution >= 0.6 is 0 Å². The molecule has 1 aliphatic heterocycles. The Bertz CT molecular complexity index is 1250. The number of rotatable bonds is 6. The van der Waals surface area contributed by atoms with Crippen molar-refractivity contribution in [2.45, 2.75) is 94.5 Å². The standard InChI is InChI=1S/C26H36F2N4O3S/c1-25(2,3)24-30-21-14-20(6-7-22(21)32(24)15-17-8-11-26(27,28)12-9-17)36(34,35)31-13-10-18(16-31)23(33)29-19-4-5-19/h6-7,14,17-19H,4-5,8-13,15-16H2,1-3H3,(H,29,33)/t18-/m0/s1. The number of hydrogen-bond donors (Lipinski definition) is 1. The molecular formula is C26H36F2N4O3S. The van der Waals surface area contributed by atoms with Crippen molar-refractivity contribution in [1.29, 1.82) is 0 Å². The molecule has 2 aliphatic carbocycles. The van der Waals surface area contributed by atoms with Gasteiger partial charge in [0, 0.05) is 43.9 Å². The monoisotopic (exact) mass is 522 g/mol. The SMILES string of the molecule is CC(C)(C)c1nc2cc(S(=O)(=O)N3CC[C@H](C(=O)NC4CC4)C3)ccc2n1CC1CCC(F)(F)CC1. The summed E-state index contributed by atoms with van der Waals surface area (Å²) in [5.41, 5.74) is 1.11. The number of nitrogens with one attached hydrogen (secondary N) is 1. The van der Waals surface area contributed by atoms with E-state index in [1.54, 1.807) is 18.2 Å². The number of halogens is 2. The minimum atomic E-state index is -3.77. The lowest BCUT2D eigenvalue weighted by atomic mass is 9.86. The van der Waals surface area contributed by atoms with E-state index in [4.69, 9.17) is 4.98 Å². The molecule has 1 saturated heterocycles. The highest BCUT2D eigenvalue weighted by Gasteiger charge is 2.38. The highest BCUT2D eigenvalue weighted by Crippen LogP contribution is 2.38. The highest BCUT2D eigenvalue weighted by atomic mass is 32.2. The average Bonchev–Trinajstić information content (AvgIpc) is 3.32. The average molecular weight is 523 g/mol. The van der Waals surface area contributed by atoms with E-state index in [0.717, 1.165) is 24.2 Å². The Hall–Kier alpha value is -2.07. The lowest BCUT2D eigenvalue weighted by Gasteiger charge is -2.30.